The molecule has 0 fully saturated rings. The van der Waals surface area contributed by atoms with Crippen LogP contribution in [0, 0.1) is 5.82 Å². The maximum atomic E-state index is 13.3. The molecule has 0 aliphatic carbocycles. The lowest BCUT2D eigenvalue weighted by atomic mass is 10.2. The van der Waals surface area contributed by atoms with Crippen LogP contribution in [-0.2, 0) is 23.1 Å². The highest BCUT2D eigenvalue weighted by atomic mass is 32.2. The molecule has 1 aromatic heterocycles. The van der Waals surface area contributed by atoms with Gasteiger partial charge in [-0.15, -0.1) is 0 Å². The zero-order valence-corrected chi connectivity index (χ0v) is 10.7. The number of H-pyrrole nitrogens is 1. The van der Waals surface area contributed by atoms with Crippen LogP contribution in [0.1, 0.15) is 11.1 Å². The molecule has 2 rings (SSSR count). The number of aromatic amines is 1. The van der Waals surface area contributed by atoms with Crippen LogP contribution in [0.2, 0.25) is 0 Å². The molecule has 0 aliphatic heterocycles. The molecule has 4 N–H and O–H groups in total. The van der Waals surface area contributed by atoms with E-state index in [0.29, 0.717) is 5.56 Å². The summed E-state index contributed by atoms with van der Waals surface area (Å²) in [6.07, 6.45) is 3.09. The largest absolute Gasteiger partial charge is 0.326 e. The number of sulfonamides is 1. The van der Waals surface area contributed by atoms with Crippen LogP contribution in [0.5, 0.6) is 0 Å². The number of hydrogen-bond donors (Lipinski definition) is 3. The Morgan fingerprint density at radius 3 is 2.84 bits per heavy atom. The quantitative estimate of drug-likeness (QED) is 0.743. The Hall–Kier alpha value is -1.77. The Labute approximate surface area is 109 Å². The molecule has 8 heteroatoms. The van der Waals surface area contributed by atoms with E-state index in [0.717, 1.165) is 6.07 Å². The van der Waals surface area contributed by atoms with Gasteiger partial charge in [-0.2, -0.15) is 5.10 Å². The van der Waals surface area contributed by atoms with Crippen molar-refractivity contribution in [1.82, 2.24) is 14.9 Å². The van der Waals surface area contributed by atoms with E-state index in [1.165, 1.54) is 18.3 Å². The van der Waals surface area contributed by atoms with Crippen molar-refractivity contribution < 1.29 is 12.8 Å². The third-order valence-electron chi connectivity index (χ3n) is 2.57. The minimum absolute atomic E-state index is 0.0159. The maximum Gasteiger partial charge on any atom is 0.240 e. The van der Waals surface area contributed by atoms with Crippen molar-refractivity contribution in [3.63, 3.8) is 0 Å². The third kappa shape index (κ3) is 3.16. The monoisotopic (exact) mass is 284 g/mol. The van der Waals surface area contributed by atoms with Crippen LogP contribution in [0.25, 0.3) is 0 Å². The summed E-state index contributed by atoms with van der Waals surface area (Å²) in [4.78, 5) is -0.0159. The van der Waals surface area contributed by atoms with Gasteiger partial charge < -0.3 is 5.73 Å². The third-order valence-corrected chi connectivity index (χ3v) is 3.97. The van der Waals surface area contributed by atoms with Crippen molar-refractivity contribution in [1.29, 1.82) is 0 Å². The van der Waals surface area contributed by atoms with E-state index >= 15 is 0 Å². The summed E-state index contributed by atoms with van der Waals surface area (Å²) < 4.78 is 39.7. The fraction of sp³-hybridized carbons (Fsp3) is 0.182. The van der Waals surface area contributed by atoms with E-state index in [4.69, 9.17) is 5.73 Å². The SMILES string of the molecule is NCc1cc(S(=O)(=O)NCc2cn[nH]c2)ccc1F. The summed E-state index contributed by atoms with van der Waals surface area (Å²) in [6, 6.07) is 3.52. The Morgan fingerprint density at radius 2 is 2.21 bits per heavy atom. The topological polar surface area (TPSA) is 101 Å². The average molecular weight is 284 g/mol. The molecule has 1 heterocycles. The summed E-state index contributed by atoms with van der Waals surface area (Å²) in [5.41, 5.74) is 6.20. The van der Waals surface area contributed by atoms with Gasteiger partial charge in [-0.25, -0.2) is 17.5 Å². The number of rotatable bonds is 5. The fourth-order valence-corrected chi connectivity index (χ4v) is 2.58. The van der Waals surface area contributed by atoms with Crippen molar-refractivity contribution in [3.8, 4) is 0 Å². The van der Waals surface area contributed by atoms with Gasteiger partial charge in [-0.3, -0.25) is 5.10 Å². The first-order valence-corrected chi connectivity index (χ1v) is 6.97. The van der Waals surface area contributed by atoms with Crippen molar-refractivity contribution in [2.24, 2.45) is 5.73 Å². The van der Waals surface area contributed by atoms with Crippen LogP contribution in [0.3, 0.4) is 0 Å². The number of halogens is 1. The molecule has 0 amide bonds. The van der Waals surface area contributed by atoms with Crippen LogP contribution in [0.4, 0.5) is 4.39 Å². The number of aromatic nitrogens is 2. The standard InChI is InChI=1S/C11H13FN4O2S/c12-11-2-1-10(3-9(11)4-13)19(17,18)16-7-8-5-14-15-6-8/h1-3,5-6,16H,4,7,13H2,(H,14,15). The first-order chi connectivity index (χ1) is 9.03. The van der Waals surface area contributed by atoms with Crippen molar-refractivity contribution >= 4 is 10.0 Å². The summed E-state index contributed by atoms with van der Waals surface area (Å²) in [5.74, 6) is -0.517. The van der Waals surface area contributed by atoms with Gasteiger partial charge in [0.05, 0.1) is 11.1 Å². The molecular weight excluding hydrogens is 271 g/mol. The van der Waals surface area contributed by atoms with E-state index in [2.05, 4.69) is 14.9 Å². The number of nitrogens with one attached hydrogen (secondary N) is 2. The lowest BCUT2D eigenvalue weighted by Gasteiger charge is -2.07. The molecule has 0 bridgehead atoms. The minimum atomic E-state index is -3.70. The van der Waals surface area contributed by atoms with Gasteiger partial charge in [0.1, 0.15) is 5.82 Å². The molecule has 2 aromatic rings. The first-order valence-electron chi connectivity index (χ1n) is 5.49. The smallest absolute Gasteiger partial charge is 0.240 e. The van der Waals surface area contributed by atoms with Crippen LogP contribution < -0.4 is 10.5 Å². The molecule has 6 nitrogen and oxygen atoms in total. The van der Waals surface area contributed by atoms with Gasteiger partial charge >= 0.3 is 0 Å². The lowest BCUT2D eigenvalue weighted by Crippen LogP contribution is -2.23. The summed E-state index contributed by atoms with van der Waals surface area (Å²) in [6.45, 7) is 0.0467. The predicted octanol–water partition coefficient (Wildman–Crippen LogP) is 0.486. The van der Waals surface area contributed by atoms with E-state index in [1.807, 2.05) is 0 Å². The van der Waals surface area contributed by atoms with Gasteiger partial charge in [0, 0.05) is 30.4 Å². The van der Waals surface area contributed by atoms with Gasteiger partial charge in [-0.1, -0.05) is 0 Å². The van der Waals surface area contributed by atoms with E-state index in [1.54, 1.807) is 6.20 Å². The molecule has 0 saturated heterocycles. The fourth-order valence-electron chi connectivity index (χ4n) is 1.51. The van der Waals surface area contributed by atoms with Crippen LogP contribution >= 0.6 is 0 Å². The normalized spacial score (nSPS) is 11.7. The number of hydrogen-bond acceptors (Lipinski definition) is 4. The van der Waals surface area contributed by atoms with E-state index in [9.17, 15) is 12.8 Å². The zero-order chi connectivity index (χ0) is 13.9. The van der Waals surface area contributed by atoms with Crippen LogP contribution in [-0.4, -0.2) is 18.6 Å². The highest BCUT2D eigenvalue weighted by Crippen LogP contribution is 2.15. The highest BCUT2D eigenvalue weighted by Gasteiger charge is 2.15. The van der Waals surface area contributed by atoms with Crippen molar-refractivity contribution in [2.45, 2.75) is 18.0 Å². The van der Waals surface area contributed by atoms with Gasteiger partial charge in [0.2, 0.25) is 10.0 Å². The number of nitrogens with zero attached hydrogens (tertiary/aromatic N) is 1. The van der Waals surface area contributed by atoms with E-state index in [-0.39, 0.29) is 23.5 Å². The van der Waals surface area contributed by atoms with Crippen molar-refractivity contribution in [2.75, 3.05) is 0 Å². The first kappa shape index (κ1) is 13.7. The molecular formula is C11H13FN4O2S. The maximum absolute atomic E-state index is 13.3. The Morgan fingerprint density at radius 1 is 1.42 bits per heavy atom. The highest BCUT2D eigenvalue weighted by molar-refractivity contribution is 7.89. The molecule has 0 saturated carbocycles. The molecule has 0 atom stereocenters. The van der Waals surface area contributed by atoms with Crippen LogP contribution in [0.15, 0.2) is 35.5 Å². The van der Waals surface area contributed by atoms with Gasteiger partial charge in [0.15, 0.2) is 0 Å². The van der Waals surface area contributed by atoms with Crippen molar-refractivity contribution in [3.05, 3.63) is 47.5 Å². The molecule has 0 spiro atoms. The number of benzene rings is 1. The minimum Gasteiger partial charge on any atom is -0.326 e. The molecule has 0 aliphatic rings. The Bertz CT molecular complexity index is 655. The Balaban J connectivity index is 2.19. The van der Waals surface area contributed by atoms with Gasteiger partial charge in [0.25, 0.3) is 0 Å². The summed E-state index contributed by atoms with van der Waals surface area (Å²) >= 11 is 0. The second-order valence-electron chi connectivity index (χ2n) is 3.89. The number of nitrogens with two attached hydrogens (primary N) is 1. The zero-order valence-electron chi connectivity index (χ0n) is 9.93. The predicted molar refractivity (Wildman–Crippen MR) is 66.9 cm³/mol. The molecule has 1 aromatic carbocycles. The van der Waals surface area contributed by atoms with E-state index < -0.39 is 15.8 Å². The summed E-state index contributed by atoms with van der Waals surface area (Å²) in [7, 11) is -3.70. The second-order valence-corrected chi connectivity index (χ2v) is 5.66. The Kier molecular flexibility index (Phi) is 3.93. The average Bonchev–Trinajstić information content (AvgIpc) is 2.90. The summed E-state index contributed by atoms with van der Waals surface area (Å²) in [5, 5.41) is 6.29. The van der Waals surface area contributed by atoms with Gasteiger partial charge in [-0.05, 0) is 18.2 Å². The molecule has 102 valence electrons. The molecule has 0 radical (unpaired) electrons. The lowest BCUT2D eigenvalue weighted by molar-refractivity contribution is 0.579. The second kappa shape index (κ2) is 5.47. The molecule has 0 unspecified atom stereocenters. The molecule has 19 heavy (non-hydrogen) atoms.